The predicted octanol–water partition coefficient (Wildman–Crippen LogP) is 2.06. The van der Waals surface area contributed by atoms with Crippen molar-refractivity contribution in [1.29, 1.82) is 5.26 Å². The van der Waals surface area contributed by atoms with Gasteiger partial charge in [-0.1, -0.05) is 0 Å². The molecule has 1 saturated carbocycles. The van der Waals surface area contributed by atoms with Crippen molar-refractivity contribution < 1.29 is 0 Å². The Hall–Kier alpha value is -1.67. The Balaban J connectivity index is 2.33. The summed E-state index contributed by atoms with van der Waals surface area (Å²) >= 11 is 0. The quantitative estimate of drug-likeness (QED) is 0.912. The van der Waals surface area contributed by atoms with Crippen molar-refractivity contribution in [2.75, 3.05) is 11.4 Å². The van der Waals surface area contributed by atoms with Crippen LogP contribution in [0.4, 0.5) is 5.82 Å². The second kappa shape index (κ2) is 6.19. The summed E-state index contributed by atoms with van der Waals surface area (Å²) in [5, 5.41) is 17.9. The Kier molecular flexibility index (Phi) is 4.56. The molecule has 0 atom stereocenters. The number of anilines is 1. The SMILES string of the molecule is CCN(c1nnc(C)c(C)c1C#N)C1CCC(N)CC1. The molecule has 0 saturated heterocycles. The lowest BCUT2D eigenvalue weighted by Gasteiger charge is -2.36. The molecule has 5 heteroatoms. The van der Waals surface area contributed by atoms with Crippen LogP contribution >= 0.6 is 0 Å². The molecule has 1 aromatic heterocycles. The van der Waals surface area contributed by atoms with E-state index in [0.717, 1.165) is 49.3 Å². The first-order valence-electron chi connectivity index (χ1n) is 7.34. The molecule has 1 aliphatic rings. The maximum Gasteiger partial charge on any atom is 0.169 e. The summed E-state index contributed by atoms with van der Waals surface area (Å²) in [6.45, 7) is 6.78. The summed E-state index contributed by atoms with van der Waals surface area (Å²) in [7, 11) is 0. The van der Waals surface area contributed by atoms with Crippen molar-refractivity contribution in [2.24, 2.45) is 5.73 Å². The average molecular weight is 273 g/mol. The molecular weight excluding hydrogens is 250 g/mol. The Bertz CT molecular complexity index is 512. The maximum atomic E-state index is 9.44. The molecule has 0 amide bonds. The third-order valence-corrected chi connectivity index (χ3v) is 4.34. The van der Waals surface area contributed by atoms with E-state index < -0.39 is 0 Å². The summed E-state index contributed by atoms with van der Waals surface area (Å²) in [6.07, 6.45) is 4.21. The number of hydrogen-bond donors (Lipinski definition) is 1. The van der Waals surface area contributed by atoms with E-state index in [9.17, 15) is 5.26 Å². The van der Waals surface area contributed by atoms with Crippen LogP contribution in [0.25, 0.3) is 0 Å². The minimum atomic E-state index is 0.325. The van der Waals surface area contributed by atoms with Gasteiger partial charge in [-0.3, -0.25) is 0 Å². The van der Waals surface area contributed by atoms with Crippen LogP contribution in [0.3, 0.4) is 0 Å². The monoisotopic (exact) mass is 273 g/mol. The molecule has 2 rings (SSSR count). The molecule has 1 heterocycles. The third kappa shape index (κ3) is 2.75. The fraction of sp³-hybridized carbons (Fsp3) is 0.667. The molecule has 108 valence electrons. The number of nitrogens with zero attached hydrogens (tertiary/aromatic N) is 4. The molecule has 0 unspecified atom stereocenters. The smallest absolute Gasteiger partial charge is 0.169 e. The fourth-order valence-corrected chi connectivity index (χ4v) is 2.93. The number of nitriles is 1. The highest BCUT2D eigenvalue weighted by molar-refractivity contribution is 5.58. The number of aromatic nitrogens is 2. The van der Waals surface area contributed by atoms with Crippen LogP contribution in [-0.2, 0) is 0 Å². The summed E-state index contributed by atoms with van der Waals surface area (Å²) in [6, 6.07) is 3.04. The molecule has 1 fully saturated rings. The Morgan fingerprint density at radius 3 is 2.45 bits per heavy atom. The van der Waals surface area contributed by atoms with E-state index >= 15 is 0 Å². The third-order valence-electron chi connectivity index (χ3n) is 4.34. The second-order valence-electron chi connectivity index (χ2n) is 5.58. The first-order chi connectivity index (χ1) is 9.58. The van der Waals surface area contributed by atoms with Crippen LogP contribution in [0.15, 0.2) is 0 Å². The summed E-state index contributed by atoms with van der Waals surface area (Å²) in [5.74, 6) is 0.735. The molecule has 0 aromatic carbocycles. The fourth-order valence-electron chi connectivity index (χ4n) is 2.93. The maximum absolute atomic E-state index is 9.44. The first kappa shape index (κ1) is 14.7. The van der Waals surface area contributed by atoms with Gasteiger partial charge < -0.3 is 10.6 Å². The van der Waals surface area contributed by atoms with Gasteiger partial charge in [0.15, 0.2) is 5.82 Å². The van der Waals surface area contributed by atoms with E-state index in [0.29, 0.717) is 17.6 Å². The topological polar surface area (TPSA) is 78.8 Å². The molecular formula is C15H23N5. The highest BCUT2D eigenvalue weighted by Gasteiger charge is 2.27. The molecule has 0 spiro atoms. The van der Waals surface area contributed by atoms with Crippen molar-refractivity contribution >= 4 is 5.82 Å². The zero-order chi connectivity index (χ0) is 14.7. The Morgan fingerprint density at radius 1 is 1.25 bits per heavy atom. The van der Waals surface area contributed by atoms with Crippen molar-refractivity contribution in [1.82, 2.24) is 10.2 Å². The van der Waals surface area contributed by atoms with Gasteiger partial charge in [-0.25, -0.2) is 0 Å². The van der Waals surface area contributed by atoms with Crippen molar-refractivity contribution in [3.05, 3.63) is 16.8 Å². The molecule has 2 N–H and O–H groups in total. The van der Waals surface area contributed by atoms with E-state index in [-0.39, 0.29) is 0 Å². The van der Waals surface area contributed by atoms with Gasteiger partial charge in [0.1, 0.15) is 11.6 Å². The van der Waals surface area contributed by atoms with E-state index in [2.05, 4.69) is 28.1 Å². The van der Waals surface area contributed by atoms with Crippen LogP contribution in [0.2, 0.25) is 0 Å². The van der Waals surface area contributed by atoms with Gasteiger partial charge in [0.05, 0.1) is 5.69 Å². The molecule has 0 radical (unpaired) electrons. The first-order valence-corrected chi connectivity index (χ1v) is 7.34. The summed E-state index contributed by atoms with van der Waals surface area (Å²) in [4.78, 5) is 2.23. The minimum absolute atomic E-state index is 0.325. The van der Waals surface area contributed by atoms with Gasteiger partial charge in [0.2, 0.25) is 0 Å². The second-order valence-corrected chi connectivity index (χ2v) is 5.58. The molecule has 5 nitrogen and oxygen atoms in total. The lowest BCUT2D eigenvalue weighted by atomic mass is 9.90. The number of rotatable bonds is 3. The lowest BCUT2D eigenvalue weighted by Crippen LogP contribution is -2.42. The Morgan fingerprint density at radius 2 is 1.90 bits per heavy atom. The van der Waals surface area contributed by atoms with Gasteiger partial charge in [-0.05, 0) is 52.0 Å². The van der Waals surface area contributed by atoms with Crippen LogP contribution in [-0.4, -0.2) is 28.8 Å². The normalized spacial score (nSPS) is 22.4. The van der Waals surface area contributed by atoms with E-state index in [1.165, 1.54) is 0 Å². The van der Waals surface area contributed by atoms with Crippen LogP contribution in [0.5, 0.6) is 0 Å². The highest BCUT2D eigenvalue weighted by Crippen LogP contribution is 2.29. The lowest BCUT2D eigenvalue weighted by molar-refractivity contribution is 0.376. The zero-order valence-electron chi connectivity index (χ0n) is 12.6. The summed E-state index contributed by atoms with van der Waals surface area (Å²) < 4.78 is 0. The van der Waals surface area contributed by atoms with Gasteiger partial charge in [-0.2, -0.15) is 10.4 Å². The van der Waals surface area contributed by atoms with Crippen LogP contribution in [0.1, 0.15) is 49.4 Å². The van der Waals surface area contributed by atoms with Gasteiger partial charge in [0.25, 0.3) is 0 Å². The van der Waals surface area contributed by atoms with Crippen LogP contribution < -0.4 is 10.6 Å². The van der Waals surface area contributed by atoms with E-state index in [1.807, 2.05) is 13.8 Å². The Labute approximate surface area is 120 Å². The number of hydrogen-bond acceptors (Lipinski definition) is 5. The largest absolute Gasteiger partial charge is 0.351 e. The van der Waals surface area contributed by atoms with Gasteiger partial charge in [0, 0.05) is 18.6 Å². The zero-order valence-corrected chi connectivity index (χ0v) is 12.6. The van der Waals surface area contributed by atoms with Crippen molar-refractivity contribution in [3.63, 3.8) is 0 Å². The highest BCUT2D eigenvalue weighted by atomic mass is 15.3. The minimum Gasteiger partial charge on any atom is -0.351 e. The van der Waals surface area contributed by atoms with Gasteiger partial charge >= 0.3 is 0 Å². The predicted molar refractivity (Wildman–Crippen MR) is 79.5 cm³/mol. The molecule has 1 aromatic rings. The molecule has 0 aliphatic heterocycles. The average Bonchev–Trinajstić information content (AvgIpc) is 2.45. The number of nitrogens with two attached hydrogens (primary N) is 1. The van der Waals surface area contributed by atoms with Crippen molar-refractivity contribution in [2.45, 2.75) is 58.5 Å². The number of aryl methyl sites for hydroxylation is 1. The van der Waals surface area contributed by atoms with Crippen molar-refractivity contribution in [3.8, 4) is 6.07 Å². The summed E-state index contributed by atoms with van der Waals surface area (Å²) in [5.41, 5.74) is 8.40. The van der Waals surface area contributed by atoms with E-state index in [4.69, 9.17) is 5.73 Å². The standard InChI is InChI=1S/C15H23N5/c1-4-20(13-7-5-12(17)6-8-13)15-14(9-16)10(2)11(3)18-19-15/h12-13H,4-8,17H2,1-3H3. The molecule has 20 heavy (non-hydrogen) atoms. The van der Waals surface area contributed by atoms with Gasteiger partial charge in [-0.15, -0.1) is 5.10 Å². The van der Waals surface area contributed by atoms with Crippen LogP contribution in [0, 0.1) is 25.2 Å². The molecule has 0 bridgehead atoms. The van der Waals surface area contributed by atoms with E-state index in [1.54, 1.807) is 0 Å². The molecule has 1 aliphatic carbocycles.